The number of nitrogens with zero attached hydrogens (tertiary/aromatic N) is 1. The number of thioether (sulfide) groups is 1. The minimum atomic E-state index is -4.69. The molecule has 0 bridgehead atoms. The number of hydrogen-bond donors (Lipinski definition) is 1. The van der Waals surface area contributed by atoms with Crippen LogP contribution in [-0.4, -0.2) is 18.4 Å². The standard InChI is InChI=1S/C25H17Cl2F3N2O3S/c1-2-35-17-8-6-16(7-9-17)31-21-22(36-18-10-4-15(26)5-11-18)24(34)32(23(21)33)20-13-14(25(28,29)30)3-12-19(20)27/h3-13,31H,2H2,1H3. The van der Waals surface area contributed by atoms with Gasteiger partial charge in [-0.3, -0.25) is 9.59 Å². The van der Waals surface area contributed by atoms with Gasteiger partial charge < -0.3 is 10.1 Å². The average Bonchev–Trinajstić information content (AvgIpc) is 3.05. The molecule has 11 heteroatoms. The van der Waals surface area contributed by atoms with Gasteiger partial charge in [0.2, 0.25) is 0 Å². The number of alkyl halides is 3. The number of imide groups is 1. The lowest BCUT2D eigenvalue weighted by Crippen LogP contribution is -2.33. The molecule has 0 spiro atoms. The van der Waals surface area contributed by atoms with Gasteiger partial charge in [-0.25, -0.2) is 4.90 Å². The molecule has 186 valence electrons. The van der Waals surface area contributed by atoms with E-state index < -0.39 is 23.6 Å². The monoisotopic (exact) mass is 552 g/mol. The molecule has 1 aliphatic heterocycles. The molecule has 2 amide bonds. The molecule has 3 aromatic carbocycles. The fourth-order valence-electron chi connectivity index (χ4n) is 3.36. The predicted octanol–water partition coefficient (Wildman–Crippen LogP) is 7.40. The molecular weight excluding hydrogens is 536 g/mol. The molecular formula is C25H17Cl2F3N2O3S. The van der Waals surface area contributed by atoms with Crippen LogP contribution in [-0.2, 0) is 15.8 Å². The molecule has 0 aromatic heterocycles. The highest BCUT2D eigenvalue weighted by Crippen LogP contribution is 2.42. The van der Waals surface area contributed by atoms with Crippen molar-refractivity contribution in [1.29, 1.82) is 0 Å². The summed E-state index contributed by atoms with van der Waals surface area (Å²) in [5.41, 5.74) is -1.03. The average molecular weight is 553 g/mol. The van der Waals surface area contributed by atoms with Crippen molar-refractivity contribution in [2.45, 2.75) is 18.0 Å². The lowest BCUT2D eigenvalue weighted by Gasteiger charge is -2.18. The van der Waals surface area contributed by atoms with Crippen molar-refractivity contribution >= 4 is 58.2 Å². The molecule has 1 aliphatic rings. The van der Waals surface area contributed by atoms with Crippen LogP contribution in [0.15, 0.2) is 82.2 Å². The van der Waals surface area contributed by atoms with Gasteiger partial charge in [0.05, 0.1) is 22.9 Å². The van der Waals surface area contributed by atoms with E-state index >= 15 is 0 Å². The second-order valence-electron chi connectivity index (χ2n) is 7.45. The molecule has 36 heavy (non-hydrogen) atoms. The number of nitrogens with one attached hydrogen (secondary N) is 1. The van der Waals surface area contributed by atoms with E-state index in [-0.39, 0.29) is 21.3 Å². The van der Waals surface area contributed by atoms with Crippen LogP contribution in [0.4, 0.5) is 24.5 Å². The van der Waals surface area contributed by atoms with E-state index in [9.17, 15) is 22.8 Å². The number of rotatable bonds is 7. The van der Waals surface area contributed by atoms with Gasteiger partial charge in [-0.1, -0.05) is 35.0 Å². The van der Waals surface area contributed by atoms with Crippen molar-refractivity contribution in [1.82, 2.24) is 0 Å². The van der Waals surface area contributed by atoms with Crippen LogP contribution in [0.5, 0.6) is 5.75 Å². The van der Waals surface area contributed by atoms with Gasteiger partial charge in [0.1, 0.15) is 16.4 Å². The predicted molar refractivity (Wildman–Crippen MR) is 135 cm³/mol. The molecule has 0 atom stereocenters. The van der Waals surface area contributed by atoms with Crippen molar-refractivity contribution in [2.75, 3.05) is 16.8 Å². The van der Waals surface area contributed by atoms with Crippen molar-refractivity contribution in [2.24, 2.45) is 0 Å². The Balaban J connectivity index is 1.75. The van der Waals surface area contributed by atoms with Crippen molar-refractivity contribution < 1.29 is 27.5 Å². The summed E-state index contributed by atoms with van der Waals surface area (Å²) >= 11 is 13.1. The quantitative estimate of drug-likeness (QED) is 0.309. The Morgan fingerprint density at radius 1 is 0.944 bits per heavy atom. The van der Waals surface area contributed by atoms with Gasteiger partial charge in [0.15, 0.2) is 0 Å². The zero-order valence-corrected chi connectivity index (χ0v) is 20.9. The van der Waals surface area contributed by atoms with E-state index in [1.165, 1.54) is 0 Å². The second-order valence-corrected chi connectivity index (χ2v) is 9.38. The van der Waals surface area contributed by atoms with E-state index in [2.05, 4.69) is 5.32 Å². The summed E-state index contributed by atoms with van der Waals surface area (Å²) in [4.78, 5) is 28.1. The molecule has 0 saturated carbocycles. The first-order chi connectivity index (χ1) is 17.1. The number of benzene rings is 3. The van der Waals surface area contributed by atoms with Crippen molar-refractivity contribution in [3.8, 4) is 5.75 Å². The van der Waals surface area contributed by atoms with E-state index in [4.69, 9.17) is 27.9 Å². The molecule has 0 aliphatic carbocycles. The molecule has 1 N–H and O–H groups in total. The summed E-state index contributed by atoms with van der Waals surface area (Å²) in [5, 5.41) is 3.24. The van der Waals surface area contributed by atoms with Crippen molar-refractivity contribution in [3.05, 3.63) is 92.9 Å². The zero-order chi connectivity index (χ0) is 26.0. The van der Waals surface area contributed by atoms with Crippen LogP contribution >= 0.6 is 35.0 Å². The third-order valence-electron chi connectivity index (χ3n) is 5.02. The van der Waals surface area contributed by atoms with Crippen LogP contribution in [0.1, 0.15) is 12.5 Å². The Morgan fingerprint density at radius 2 is 1.61 bits per heavy atom. The summed E-state index contributed by atoms with van der Waals surface area (Å²) in [7, 11) is 0. The minimum absolute atomic E-state index is 0.00955. The Morgan fingerprint density at radius 3 is 2.22 bits per heavy atom. The van der Waals surface area contributed by atoms with Gasteiger partial charge in [0, 0.05) is 15.6 Å². The Bertz CT molecular complexity index is 1340. The SMILES string of the molecule is CCOc1ccc(NC2=C(Sc3ccc(Cl)cc3)C(=O)N(c3cc(C(F)(F)F)ccc3Cl)C2=O)cc1. The van der Waals surface area contributed by atoms with Gasteiger partial charge in [0.25, 0.3) is 11.8 Å². The Labute approximate surface area is 218 Å². The number of ether oxygens (including phenoxy) is 1. The number of hydrogen-bond acceptors (Lipinski definition) is 5. The Kier molecular flexibility index (Phi) is 7.54. The summed E-state index contributed by atoms with van der Waals surface area (Å²) in [6.07, 6.45) is -4.69. The highest BCUT2D eigenvalue weighted by molar-refractivity contribution is 8.04. The summed E-state index contributed by atoms with van der Waals surface area (Å²) in [6, 6.07) is 15.7. The van der Waals surface area contributed by atoms with Gasteiger partial charge in [-0.15, -0.1) is 0 Å². The fourth-order valence-corrected chi connectivity index (χ4v) is 4.61. The topological polar surface area (TPSA) is 58.6 Å². The molecule has 0 fully saturated rings. The first-order valence-electron chi connectivity index (χ1n) is 10.5. The lowest BCUT2D eigenvalue weighted by atomic mass is 10.2. The van der Waals surface area contributed by atoms with E-state index in [1.807, 2.05) is 6.92 Å². The normalized spacial score (nSPS) is 14.0. The van der Waals surface area contributed by atoms with Crippen LogP contribution in [0.3, 0.4) is 0 Å². The fraction of sp³-hybridized carbons (Fsp3) is 0.120. The summed E-state index contributed by atoms with van der Waals surface area (Å²) < 4.78 is 45.5. The number of halogens is 5. The van der Waals surface area contributed by atoms with Crippen LogP contribution in [0, 0.1) is 0 Å². The number of carbonyl (C=O) groups is 2. The van der Waals surface area contributed by atoms with E-state index in [0.717, 1.165) is 23.9 Å². The largest absolute Gasteiger partial charge is 0.494 e. The molecule has 1 heterocycles. The third kappa shape index (κ3) is 5.48. The molecule has 0 saturated heterocycles. The minimum Gasteiger partial charge on any atom is -0.494 e. The van der Waals surface area contributed by atoms with Crippen LogP contribution in [0.25, 0.3) is 0 Å². The smallest absolute Gasteiger partial charge is 0.416 e. The lowest BCUT2D eigenvalue weighted by molar-refractivity contribution is -0.137. The number of carbonyl (C=O) groups excluding carboxylic acids is 2. The van der Waals surface area contributed by atoms with Crippen LogP contribution in [0.2, 0.25) is 10.0 Å². The maximum Gasteiger partial charge on any atom is 0.416 e. The molecule has 5 nitrogen and oxygen atoms in total. The molecule has 0 radical (unpaired) electrons. The summed E-state index contributed by atoms with van der Waals surface area (Å²) in [6.45, 7) is 2.31. The molecule has 0 unspecified atom stereocenters. The Hall–Kier alpha value is -3.14. The van der Waals surface area contributed by atoms with Crippen LogP contribution < -0.4 is 15.0 Å². The molecule has 3 aromatic rings. The highest BCUT2D eigenvalue weighted by atomic mass is 35.5. The third-order valence-corrected chi connectivity index (χ3v) is 6.69. The van der Waals surface area contributed by atoms with Crippen molar-refractivity contribution in [3.63, 3.8) is 0 Å². The van der Waals surface area contributed by atoms with E-state index in [1.54, 1.807) is 48.5 Å². The van der Waals surface area contributed by atoms with Gasteiger partial charge in [-0.2, -0.15) is 13.2 Å². The summed E-state index contributed by atoms with van der Waals surface area (Å²) in [5.74, 6) is -1.04. The first kappa shape index (κ1) is 25.9. The maximum atomic E-state index is 13.4. The number of amides is 2. The zero-order valence-electron chi connectivity index (χ0n) is 18.5. The van der Waals surface area contributed by atoms with Gasteiger partial charge >= 0.3 is 6.18 Å². The van der Waals surface area contributed by atoms with Gasteiger partial charge in [-0.05, 0) is 73.7 Å². The first-order valence-corrected chi connectivity index (χ1v) is 12.1. The highest BCUT2D eigenvalue weighted by Gasteiger charge is 2.42. The second kappa shape index (κ2) is 10.5. The van der Waals surface area contributed by atoms with E-state index in [0.29, 0.717) is 38.9 Å². The molecule has 4 rings (SSSR count). The maximum absolute atomic E-state index is 13.4. The number of anilines is 2.